The van der Waals surface area contributed by atoms with Crippen molar-refractivity contribution in [1.82, 2.24) is 0 Å². The van der Waals surface area contributed by atoms with Crippen molar-refractivity contribution >= 4 is 11.9 Å². The zero-order chi connectivity index (χ0) is 19.6. The number of rotatable bonds is 12. The molecule has 0 saturated heterocycles. The van der Waals surface area contributed by atoms with Crippen LogP contribution in [0.5, 0.6) is 0 Å². The molecule has 0 aromatic heterocycles. The number of esters is 1. The molecule has 26 heavy (non-hydrogen) atoms. The zero-order valence-electron chi connectivity index (χ0n) is 16.2. The highest BCUT2D eigenvalue weighted by molar-refractivity contribution is 5.76. The summed E-state index contributed by atoms with van der Waals surface area (Å²) in [5.41, 5.74) is 3.89. The summed E-state index contributed by atoms with van der Waals surface area (Å²) in [7, 11) is 0. The van der Waals surface area contributed by atoms with E-state index >= 15 is 0 Å². The van der Waals surface area contributed by atoms with E-state index in [0.29, 0.717) is 0 Å². The molecular formula is C20H30O6. The van der Waals surface area contributed by atoms with E-state index in [4.69, 9.17) is 14.2 Å². The van der Waals surface area contributed by atoms with E-state index in [1.54, 1.807) is 6.92 Å². The Bertz CT molecular complexity index is 598. The van der Waals surface area contributed by atoms with E-state index in [1.807, 2.05) is 0 Å². The highest BCUT2D eigenvalue weighted by Gasteiger charge is 2.36. The first-order chi connectivity index (χ1) is 12.3. The Kier molecular flexibility index (Phi) is 9.30. The van der Waals surface area contributed by atoms with Crippen molar-refractivity contribution in [3.8, 4) is 0 Å². The molecular weight excluding hydrogens is 336 g/mol. The monoisotopic (exact) mass is 366 g/mol. The number of aliphatic carboxylic acids is 1. The van der Waals surface area contributed by atoms with Gasteiger partial charge >= 0.3 is 11.9 Å². The summed E-state index contributed by atoms with van der Waals surface area (Å²) >= 11 is 0. The van der Waals surface area contributed by atoms with Crippen molar-refractivity contribution in [2.75, 3.05) is 19.8 Å². The number of hydrogen-bond donors (Lipinski definition) is 1. The van der Waals surface area contributed by atoms with Gasteiger partial charge in [0.1, 0.15) is 6.61 Å². The minimum absolute atomic E-state index is 0.216. The van der Waals surface area contributed by atoms with Crippen LogP contribution in [0.4, 0.5) is 0 Å². The van der Waals surface area contributed by atoms with Crippen LogP contribution in [0.3, 0.4) is 0 Å². The Morgan fingerprint density at radius 2 is 1.81 bits per heavy atom. The number of benzene rings is 1. The summed E-state index contributed by atoms with van der Waals surface area (Å²) in [5, 5.41) is 9.27. The highest BCUT2D eigenvalue weighted by Crippen LogP contribution is 2.16. The number of hydrogen-bond acceptors (Lipinski definition) is 5. The maximum absolute atomic E-state index is 11.4. The molecule has 146 valence electrons. The van der Waals surface area contributed by atoms with Gasteiger partial charge in [0.15, 0.2) is 0 Å². The van der Waals surface area contributed by atoms with Crippen LogP contribution in [-0.2, 0) is 30.2 Å². The number of carboxylic acid groups (broad SMARTS) is 1. The van der Waals surface area contributed by atoms with Gasteiger partial charge in [-0.15, -0.1) is 0 Å². The SMILES string of the molecule is CCOC(=O)COC(C)(OCCCCCc1ccc(C)c(C)c1)C(=O)O. The molecule has 0 heterocycles. The fourth-order valence-corrected chi connectivity index (χ4v) is 2.40. The van der Waals surface area contributed by atoms with Gasteiger partial charge in [0.2, 0.25) is 0 Å². The van der Waals surface area contributed by atoms with Crippen LogP contribution in [0, 0.1) is 13.8 Å². The second kappa shape index (κ2) is 10.9. The molecule has 0 radical (unpaired) electrons. The molecule has 0 bridgehead atoms. The number of aryl methyl sites for hydroxylation is 3. The Morgan fingerprint density at radius 3 is 2.42 bits per heavy atom. The summed E-state index contributed by atoms with van der Waals surface area (Å²) in [6.45, 7) is 7.18. The molecule has 1 rings (SSSR count). The summed E-state index contributed by atoms with van der Waals surface area (Å²) < 4.78 is 15.2. The topological polar surface area (TPSA) is 82.1 Å². The van der Waals surface area contributed by atoms with Crippen LogP contribution >= 0.6 is 0 Å². The number of unbranched alkanes of at least 4 members (excludes halogenated alkanes) is 2. The highest BCUT2D eigenvalue weighted by atomic mass is 16.7. The third-order valence-electron chi connectivity index (χ3n) is 4.22. The number of carboxylic acids is 1. The number of carbonyl (C=O) groups excluding carboxylic acids is 1. The molecule has 6 nitrogen and oxygen atoms in total. The summed E-state index contributed by atoms with van der Waals surface area (Å²) in [5.74, 6) is -3.73. The molecule has 0 aliphatic rings. The summed E-state index contributed by atoms with van der Waals surface area (Å²) in [6, 6.07) is 6.48. The first kappa shape index (κ1) is 22.1. The van der Waals surface area contributed by atoms with E-state index in [9.17, 15) is 14.7 Å². The third kappa shape index (κ3) is 7.54. The largest absolute Gasteiger partial charge is 0.477 e. The molecule has 1 N–H and O–H groups in total. The van der Waals surface area contributed by atoms with Crippen molar-refractivity contribution < 1.29 is 28.9 Å². The molecule has 1 unspecified atom stereocenters. The Morgan fingerprint density at radius 1 is 1.08 bits per heavy atom. The first-order valence-corrected chi connectivity index (χ1v) is 9.01. The molecule has 0 amide bonds. The fraction of sp³-hybridized carbons (Fsp3) is 0.600. The van der Waals surface area contributed by atoms with E-state index in [1.165, 1.54) is 23.6 Å². The van der Waals surface area contributed by atoms with Crippen LogP contribution in [0.25, 0.3) is 0 Å². The van der Waals surface area contributed by atoms with Gasteiger partial charge in [-0.1, -0.05) is 24.6 Å². The molecule has 1 aromatic carbocycles. The van der Waals surface area contributed by atoms with Crippen LogP contribution in [0.15, 0.2) is 18.2 Å². The molecule has 6 heteroatoms. The molecule has 0 fully saturated rings. The normalized spacial score (nSPS) is 13.2. The van der Waals surface area contributed by atoms with Gasteiger partial charge in [0.05, 0.1) is 13.2 Å². The minimum Gasteiger partial charge on any atom is -0.477 e. The maximum atomic E-state index is 11.4. The van der Waals surface area contributed by atoms with Gasteiger partial charge in [-0.25, -0.2) is 9.59 Å². The molecule has 0 aliphatic carbocycles. The van der Waals surface area contributed by atoms with Crippen molar-refractivity contribution in [3.05, 3.63) is 34.9 Å². The van der Waals surface area contributed by atoms with Gasteiger partial charge in [0, 0.05) is 6.92 Å². The number of carbonyl (C=O) groups is 2. The number of ether oxygens (including phenoxy) is 3. The van der Waals surface area contributed by atoms with Crippen molar-refractivity contribution in [2.24, 2.45) is 0 Å². The lowest BCUT2D eigenvalue weighted by atomic mass is 10.0. The second-order valence-corrected chi connectivity index (χ2v) is 6.42. The molecule has 0 aliphatic heterocycles. The van der Waals surface area contributed by atoms with Crippen LogP contribution < -0.4 is 0 Å². The third-order valence-corrected chi connectivity index (χ3v) is 4.22. The van der Waals surface area contributed by atoms with Gasteiger partial charge < -0.3 is 19.3 Å². The van der Waals surface area contributed by atoms with E-state index in [-0.39, 0.29) is 13.2 Å². The zero-order valence-corrected chi connectivity index (χ0v) is 16.2. The maximum Gasteiger partial charge on any atom is 0.364 e. The van der Waals surface area contributed by atoms with E-state index < -0.39 is 24.3 Å². The van der Waals surface area contributed by atoms with Crippen LogP contribution in [0.2, 0.25) is 0 Å². The smallest absolute Gasteiger partial charge is 0.364 e. The van der Waals surface area contributed by atoms with Gasteiger partial charge in [0.25, 0.3) is 5.79 Å². The predicted octanol–water partition coefficient (Wildman–Crippen LogP) is 3.41. The quantitative estimate of drug-likeness (QED) is 0.347. The minimum atomic E-state index is -1.85. The van der Waals surface area contributed by atoms with E-state index in [2.05, 4.69) is 32.0 Å². The molecule has 0 saturated carbocycles. The van der Waals surface area contributed by atoms with Crippen LogP contribution in [-0.4, -0.2) is 42.7 Å². The van der Waals surface area contributed by atoms with Gasteiger partial charge in [-0.05, 0) is 56.7 Å². The first-order valence-electron chi connectivity index (χ1n) is 9.01. The van der Waals surface area contributed by atoms with Crippen LogP contribution in [0.1, 0.15) is 49.8 Å². The van der Waals surface area contributed by atoms with Gasteiger partial charge in [-0.3, -0.25) is 0 Å². The lowest BCUT2D eigenvalue weighted by Crippen LogP contribution is -2.43. The fourth-order valence-electron chi connectivity index (χ4n) is 2.40. The predicted molar refractivity (Wildman–Crippen MR) is 98.0 cm³/mol. The summed E-state index contributed by atoms with van der Waals surface area (Å²) in [6.07, 6.45) is 3.62. The van der Waals surface area contributed by atoms with Crippen molar-refractivity contribution in [2.45, 2.75) is 59.2 Å². The molecule has 0 spiro atoms. The van der Waals surface area contributed by atoms with Crippen molar-refractivity contribution in [3.63, 3.8) is 0 Å². The molecule has 1 atom stereocenters. The Labute approximate surface area is 155 Å². The van der Waals surface area contributed by atoms with Crippen molar-refractivity contribution in [1.29, 1.82) is 0 Å². The molecule has 1 aromatic rings. The lowest BCUT2D eigenvalue weighted by molar-refractivity contribution is -0.238. The summed E-state index contributed by atoms with van der Waals surface area (Å²) in [4.78, 5) is 22.7. The Hall–Kier alpha value is -1.92. The lowest BCUT2D eigenvalue weighted by Gasteiger charge is -2.25. The Balaban J connectivity index is 2.30. The second-order valence-electron chi connectivity index (χ2n) is 6.42. The average molecular weight is 366 g/mol. The standard InChI is InChI=1S/C20H30O6/c1-5-24-18(21)14-26-20(4,19(22)23)25-12-8-6-7-9-17-11-10-15(2)16(3)13-17/h10-11,13H,5-9,12,14H2,1-4H3,(H,22,23). The van der Waals surface area contributed by atoms with Gasteiger partial charge in [-0.2, -0.15) is 0 Å². The van der Waals surface area contributed by atoms with E-state index in [0.717, 1.165) is 25.7 Å². The average Bonchev–Trinajstić information content (AvgIpc) is 2.59.